The minimum absolute atomic E-state index is 0.250. The standard InChI is InChI=1S/C16H24O/c1-16(2)9-4-7-15(12-16)14-6-3-5-13(11-14)8-10-17/h3,5-6,11,15,17H,4,7-10,12H2,1-2H3. The summed E-state index contributed by atoms with van der Waals surface area (Å²) in [6.45, 7) is 5.02. The third kappa shape index (κ3) is 3.32. The van der Waals surface area contributed by atoms with Gasteiger partial charge in [0.25, 0.3) is 0 Å². The predicted molar refractivity (Wildman–Crippen MR) is 72.2 cm³/mol. The van der Waals surface area contributed by atoms with Crippen LogP contribution >= 0.6 is 0 Å². The average molecular weight is 232 g/mol. The maximum Gasteiger partial charge on any atom is 0.0471 e. The number of hydrogen-bond acceptors (Lipinski definition) is 1. The second-order valence-electron chi connectivity index (χ2n) is 6.18. The van der Waals surface area contributed by atoms with Crippen molar-refractivity contribution in [2.75, 3.05) is 6.61 Å². The fourth-order valence-electron chi connectivity index (χ4n) is 3.11. The van der Waals surface area contributed by atoms with Crippen LogP contribution in [0.3, 0.4) is 0 Å². The van der Waals surface area contributed by atoms with Crippen molar-refractivity contribution in [2.45, 2.75) is 51.9 Å². The van der Waals surface area contributed by atoms with Crippen LogP contribution in [0.5, 0.6) is 0 Å². The molecule has 0 bridgehead atoms. The Balaban J connectivity index is 2.13. The fraction of sp³-hybridized carbons (Fsp3) is 0.625. The quantitative estimate of drug-likeness (QED) is 0.838. The Bertz CT molecular complexity index is 368. The molecule has 2 rings (SSSR count). The van der Waals surface area contributed by atoms with Gasteiger partial charge in [-0.15, -0.1) is 0 Å². The highest BCUT2D eigenvalue weighted by molar-refractivity contribution is 5.27. The van der Waals surface area contributed by atoms with Gasteiger partial charge in [-0.3, -0.25) is 0 Å². The van der Waals surface area contributed by atoms with Crippen molar-refractivity contribution in [3.63, 3.8) is 0 Å². The van der Waals surface area contributed by atoms with Gasteiger partial charge in [0.1, 0.15) is 0 Å². The van der Waals surface area contributed by atoms with Crippen LogP contribution in [0, 0.1) is 5.41 Å². The maximum atomic E-state index is 9.00. The Hall–Kier alpha value is -0.820. The molecule has 0 aromatic heterocycles. The third-order valence-electron chi connectivity index (χ3n) is 4.03. The van der Waals surface area contributed by atoms with Gasteiger partial charge in [-0.05, 0) is 48.1 Å². The molecule has 0 saturated heterocycles. The van der Waals surface area contributed by atoms with Crippen LogP contribution < -0.4 is 0 Å². The van der Waals surface area contributed by atoms with Crippen LogP contribution in [0.1, 0.15) is 56.6 Å². The molecule has 1 aromatic rings. The van der Waals surface area contributed by atoms with E-state index >= 15 is 0 Å². The van der Waals surface area contributed by atoms with E-state index in [0.29, 0.717) is 5.41 Å². The Morgan fingerprint density at radius 2 is 2.18 bits per heavy atom. The lowest BCUT2D eigenvalue weighted by atomic mass is 9.70. The molecular weight excluding hydrogens is 208 g/mol. The van der Waals surface area contributed by atoms with Gasteiger partial charge < -0.3 is 5.11 Å². The van der Waals surface area contributed by atoms with E-state index in [1.807, 2.05) is 0 Å². The molecular formula is C16H24O. The first-order chi connectivity index (χ1) is 8.11. The fourth-order valence-corrected chi connectivity index (χ4v) is 3.11. The molecule has 1 N–H and O–H groups in total. The Labute approximate surface area is 105 Å². The van der Waals surface area contributed by atoms with Gasteiger partial charge in [0, 0.05) is 6.61 Å². The topological polar surface area (TPSA) is 20.2 Å². The Kier molecular flexibility index (Phi) is 3.88. The highest BCUT2D eigenvalue weighted by Crippen LogP contribution is 2.43. The molecule has 1 unspecified atom stereocenters. The predicted octanol–water partition coefficient (Wildman–Crippen LogP) is 3.91. The van der Waals surface area contributed by atoms with Crippen LogP contribution in [0.25, 0.3) is 0 Å². The molecule has 1 fully saturated rings. The third-order valence-corrected chi connectivity index (χ3v) is 4.03. The number of rotatable bonds is 3. The molecule has 0 spiro atoms. The summed E-state index contributed by atoms with van der Waals surface area (Å²) in [4.78, 5) is 0. The summed E-state index contributed by atoms with van der Waals surface area (Å²) in [5, 5.41) is 9.00. The van der Waals surface area contributed by atoms with Gasteiger partial charge >= 0.3 is 0 Å². The van der Waals surface area contributed by atoms with E-state index in [2.05, 4.69) is 38.1 Å². The van der Waals surface area contributed by atoms with Crippen LogP contribution in [0.2, 0.25) is 0 Å². The lowest BCUT2D eigenvalue weighted by molar-refractivity contribution is 0.219. The molecule has 1 saturated carbocycles. The first kappa shape index (κ1) is 12.6. The van der Waals surface area contributed by atoms with Crippen LogP contribution in [0.4, 0.5) is 0 Å². The molecule has 0 amide bonds. The average Bonchev–Trinajstić information content (AvgIpc) is 2.28. The second kappa shape index (κ2) is 5.22. The zero-order chi connectivity index (χ0) is 12.3. The minimum atomic E-state index is 0.250. The largest absolute Gasteiger partial charge is 0.396 e. The maximum absolute atomic E-state index is 9.00. The summed E-state index contributed by atoms with van der Waals surface area (Å²) < 4.78 is 0. The molecule has 0 heterocycles. The van der Waals surface area contributed by atoms with E-state index < -0.39 is 0 Å². The smallest absolute Gasteiger partial charge is 0.0471 e. The highest BCUT2D eigenvalue weighted by atomic mass is 16.2. The van der Waals surface area contributed by atoms with E-state index in [-0.39, 0.29) is 6.61 Å². The van der Waals surface area contributed by atoms with E-state index in [9.17, 15) is 0 Å². The van der Waals surface area contributed by atoms with Crippen LogP contribution in [-0.4, -0.2) is 11.7 Å². The zero-order valence-electron chi connectivity index (χ0n) is 11.1. The second-order valence-corrected chi connectivity index (χ2v) is 6.18. The van der Waals surface area contributed by atoms with Crippen molar-refractivity contribution in [1.29, 1.82) is 0 Å². The minimum Gasteiger partial charge on any atom is -0.396 e. The van der Waals surface area contributed by atoms with E-state index in [1.165, 1.54) is 36.8 Å². The van der Waals surface area contributed by atoms with E-state index in [4.69, 9.17) is 5.11 Å². The molecule has 17 heavy (non-hydrogen) atoms. The number of benzene rings is 1. The molecule has 0 aliphatic heterocycles. The van der Waals surface area contributed by atoms with Crippen molar-refractivity contribution in [3.05, 3.63) is 35.4 Å². The van der Waals surface area contributed by atoms with Crippen molar-refractivity contribution < 1.29 is 5.11 Å². The molecule has 1 aliphatic rings. The summed E-state index contributed by atoms with van der Waals surface area (Å²) in [7, 11) is 0. The van der Waals surface area contributed by atoms with E-state index in [0.717, 1.165) is 12.3 Å². The van der Waals surface area contributed by atoms with Crippen LogP contribution in [-0.2, 0) is 6.42 Å². The van der Waals surface area contributed by atoms with Gasteiger partial charge in [0.15, 0.2) is 0 Å². The zero-order valence-corrected chi connectivity index (χ0v) is 11.1. The summed E-state index contributed by atoms with van der Waals surface area (Å²) in [6, 6.07) is 8.81. The van der Waals surface area contributed by atoms with Gasteiger partial charge in [-0.1, -0.05) is 44.5 Å². The lowest BCUT2D eigenvalue weighted by Crippen LogP contribution is -2.21. The number of hydrogen-bond donors (Lipinski definition) is 1. The first-order valence-electron chi connectivity index (χ1n) is 6.80. The first-order valence-corrected chi connectivity index (χ1v) is 6.80. The molecule has 0 radical (unpaired) electrons. The summed E-state index contributed by atoms with van der Waals surface area (Å²) in [6.07, 6.45) is 6.12. The monoisotopic (exact) mass is 232 g/mol. The molecule has 1 aromatic carbocycles. The number of aliphatic hydroxyl groups is 1. The summed E-state index contributed by atoms with van der Waals surface area (Å²) in [5.41, 5.74) is 3.24. The van der Waals surface area contributed by atoms with Crippen molar-refractivity contribution in [3.8, 4) is 0 Å². The molecule has 1 nitrogen and oxygen atoms in total. The normalized spacial score (nSPS) is 23.6. The van der Waals surface area contributed by atoms with Gasteiger partial charge in [0.05, 0.1) is 0 Å². The Morgan fingerprint density at radius 1 is 1.35 bits per heavy atom. The van der Waals surface area contributed by atoms with Gasteiger partial charge in [-0.25, -0.2) is 0 Å². The number of aliphatic hydroxyl groups excluding tert-OH is 1. The molecule has 1 heteroatoms. The van der Waals surface area contributed by atoms with Crippen LogP contribution in [0.15, 0.2) is 24.3 Å². The molecule has 1 aliphatic carbocycles. The highest BCUT2D eigenvalue weighted by Gasteiger charge is 2.28. The molecule has 1 atom stereocenters. The Morgan fingerprint density at radius 3 is 2.88 bits per heavy atom. The summed E-state index contributed by atoms with van der Waals surface area (Å²) in [5.74, 6) is 0.720. The van der Waals surface area contributed by atoms with Crippen molar-refractivity contribution in [1.82, 2.24) is 0 Å². The molecule has 94 valence electrons. The van der Waals surface area contributed by atoms with E-state index in [1.54, 1.807) is 0 Å². The van der Waals surface area contributed by atoms with Crippen molar-refractivity contribution >= 4 is 0 Å². The van der Waals surface area contributed by atoms with Crippen molar-refractivity contribution in [2.24, 2.45) is 5.41 Å². The lowest BCUT2D eigenvalue weighted by Gasteiger charge is -2.35. The van der Waals surface area contributed by atoms with Gasteiger partial charge in [-0.2, -0.15) is 0 Å². The SMILES string of the molecule is CC1(C)CCCC(c2cccc(CCO)c2)C1. The van der Waals surface area contributed by atoms with Gasteiger partial charge in [0.2, 0.25) is 0 Å². The summed E-state index contributed by atoms with van der Waals surface area (Å²) >= 11 is 0.